The van der Waals surface area contributed by atoms with E-state index in [-0.39, 0.29) is 31.6 Å². The van der Waals surface area contributed by atoms with E-state index in [1.807, 2.05) is 4.90 Å². The number of benzene rings is 1. The van der Waals surface area contributed by atoms with E-state index >= 15 is 0 Å². The molecule has 2 saturated heterocycles. The third-order valence-corrected chi connectivity index (χ3v) is 5.09. The highest BCUT2D eigenvalue weighted by molar-refractivity contribution is 5.82. The van der Waals surface area contributed by atoms with Crippen LogP contribution in [0.5, 0.6) is 0 Å². The Labute approximate surface area is 181 Å². The first kappa shape index (κ1) is 22.7. The van der Waals surface area contributed by atoms with Gasteiger partial charge in [-0.05, 0) is 38.5 Å². The third-order valence-electron chi connectivity index (χ3n) is 5.09. The zero-order valence-electron chi connectivity index (χ0n) is 18.1. The van der Waals surface area contributed by atoms with Crippen LogP contribution in [0.1, 0.15) is 31.9 Å². The average molecular weight is 428 g/mol. The molecule has 0 spiro atoms. The summed E-state index contributed by atoms with van der Waals surface area (Å²) in [5, 5.41) is 11.7. The van der Waals surface area contributed by atoms with Gasteiger partial charge in [0.05, 0.1) is 30.8 Å². The standard InChI is InChI=1S/C22H28N4O5/c1-21(2,3)31-20(29)22-13-25(10-18(30-22)11-26(14-22)15-27)12-19(28)24-9-17-6-4-16(8-23)5-7-17/h4-7,15,18H,9-14H2,1-3H3,(H,24,28). The Morgan fingerprint density at radius 3 is 2.61 bits per heavy atom. The number of fused-ring (bicyclic) bond motifs is 2. The summed E-state index contributed by atoms with van der Waals surface area (Å²) >= 11 is 0. The summed E-state index contributed by atoms with van der Waals surface area (Å²) in [6.45, 7) is 6.80. The molecular formula is C22H28N4O5. The van der Waals surface area contributed by atoms with E-state index in [9.17, 15) is 14.4 Å². The number of esters is 1. The van der Waals surface area contributed by atoms with Crippen molar-refractivity contribution in [2.24, 2.45) is 0 Å². The van der Waals surface area contributed by atoms with Gasteiger partial charge in [0, 0.05) is 26.2 Å². The van der Waals surface area contributed by atoms with Crippen LogP contribution in [-0.4, -0.2) is 78.1 Å². The quantitative estimate of drug-likeness (QED) is 0.516. The van der Waals surface area contributed by atoms with Crippen LogP contribution in [0.25, 0.3) is 0 Å². The van der Waals surface area contributed by atoms with E-state index in [1.54, 1.807) is 45.0 Å². The largest absolute Gasteiger partial charge is 0.458 e. The number of ether oxygens (including phenoxy) is 2. The summed E-state index contributed by atoms with van der Waals surface area (Å²) < 4.78 is 11.6. The fraction of sp³-hybridized carbons (Fsp3) is 0.545. The smallest absolute Gasteiger partial charge is 0.342 e. The van der Waals surface area contributed by atoms with Crippen molar-refractivity contribution in [2.45, 2.75) is 44.6 Å². The second kappa shape index (κ2) is 9.04. The number of carbonyl (C=O) groups is 3. The molecule has 2 aliphatic heterocycles. The Hall–Kier alpha value is -2.96. The zero-order valence-corrected chi connectivity index (χ0v) is 18.1. The summed E-state index contributed by atoms with van der Waals surface area (Å²) in [5.41, 5.74) is -0.567. The first-order chi connectivity index (χ1) is 14.6. The monoisotopic (exact) mass is 428 g/mol. The van der Waals surface area contributed by atoms with Crippen molar-refractivity contribution in [3.8, 4) is 6.07 Å². The molecule has 31 heavy (non-hydrogen) atoms. The van der Waals surface area contributed by atoms with Gasteiger partial charge in [-0.15, -0.1) is 0 Å². The number of nitrogens with zero attached hydrogens (tertiary/aromatic N) is 3. The topological polar surface area (TPSA) is 112 Å². The van der Waals surface area contributed by atoms with Crippen LogP contribution in [0.2, 0.25) is 0 Å². The highest BCUT2D eigenvalue weighted by Crippen LogP contribution is 2.30. The predicted molar refractivity (Wildman–Crippen MR) is 111 cm³/mol. The van der Waals surface area contributed by atoms with Crippen molar-refractivity contribution in [3.05, 3.63) is 35.4 Å². The molecule has 2 heterocycles. The lowest BCUT2D eigenvalue weighted by Crippen LogP contribution is -2.70. The van der Waals surface area contributed by atoms with Gasteiger partial charge in [-0.2, -0.15) is 5.26 Å². The Morgan fingerprint density at radius 1 is 1.29 bits per heavy atom. The third kappa shape index (κ3) is 5.81. The summed E-state index contributed by atoms with van der Waals surface area (Å²) in [6, 6.07) is 9.05. The summed E-state index contributed by atoms with van der Waals surface area (Å²) in [4.78, 5) is 40.3. The van der Waals surface area contributed by atoms with Crippen LogP contribution in [0, 0.1) is 11.3 Å². The maximum atomic E-state index is 13.0. The fourth-order valence-corrected chi connectivity index (χ4v) is 3.85. The predicted octanol–water partition coefficient (Wildman–Crippen LogP) is 0.428. The molecule has 1 aromatic carbocycles. The van der Waals surface area contributed by atoms with Crippen LogP contribution in [-0.2, 0) is 30.4 Å². The van der Waals surface area contributed by atoms with Crippen molar-refractivity contribution < 1.29 is 23.9 Å². The second-order valence-corrected chi connectivity index (χ2v) is 9.03. The van der Waals surface area contributed by atoms with Gasteiger partial charge in [0.2, 0.25) is 12.3 Å². The number of hydrogen-bond donors (Lipinski definition) is 1. The molecule has 1 N–H and O–H groups in total. The Bertz CT molecular complexity index is 873. The summed E-state index contributed by atoms with van der Waals surface area (Å²) in [6.07, 6.45) is 0.334. The van der Waals surface area contributed by atoms with E-state index in [4.69, 9.17) is 14.7 Å². The van der Waals surface area contributed by atoms with Crippen molar-refractivity contribution in [3.63, 3.8) is 0 Å². The molecule has 1 aromatic rings. The summed E-state index contributed by atoms with van der Waals surface area (Å²) in [5.74, 6) is -0.713. The molecule has 2 fully saturated rings. The molecule has 2 unspecified atom stereocenters. The lowest BCUT2D eigenvalue weighted by atomic mass is 9.95. The van der Waals surface area contributed by atoms with Crippen LogP contribution in [0.4, 0.5) is 0 Å². The van der Waals surface area contributed by atoms with Crippen molar-refractivity contribution in [1.82, 2.24) is 15.1 Å². The first-order valence-electron chi connectivity index (χ1n) is 10.2. The van der Waals surface area contributed by atoms with E-state index in [0.717, 1.165) is 5.56 Å². The molecule has 0 aliphatic carbocycles. The molecular weight excluding hydrogens is 400 g/mol. The van der Waals surface area contributed by atoms with Crippen molar-refractivity contribution >= 4 is 18.3 Å². The molecule has 2 aliphatic rings. The normalized spacial score (nSPS) is 23.5. The number of carbonyl (C=O) groups excluding carboxylic acids is 3. The van der Waals surface area contributed by atoms with Crippen LogP contribution in [0.3, 0.4) is 0 Å². The van der Waals surface area contributed by atoms with Crippen LogP contribution in [0.15, 0.2) is 24.3 Å². The van der Waals surface area contributed by atoms with Crippen LogP contribution < -0.4 is 5.32 Å². The van der Waals surface area contributed by atoms with Crippen molar-refractivity contribution in [1.29, 1.82) is 5.26 Å². The van der Waals surface area contributed by atoms with Gasteiger partial charge < -0.3 is 19.7 Å². The molecule has 0 saturated carbocycles. The molecule has 0 aromatic heterocycles. The van der Waals surface area contributed by atoms with Gasteiger partial charge in [0.1, 0.15) is 5.60 Å². The Kier molecular flexibility index (Phi) is 6.62. The second-order valence-electron chi connectivity index (χ2n) is 9.03. The maximum Gasteiger partial charge on any atom is 0.342 e. The van der Waals surface area contributed by atoms with Gasteiger partial charge >= 0.3 is 5.97 Å². The van der Waals surface area contributed by atoms with Gasteiger partial charge in [0.25, 0.3) is 0 Å². The van der Waals surface area contributed by atoms with E-state index in [0.29, 0.717) is 31.6 Å². The average Bonchev–Trinajstić information content (AvgIpc) is 2.70. The van der Waals surface area contributed by atoms with Gasteiger partial charge in [0.15, 0.2) is 5.60 Å². The van der Waals surface area contributed by atoms with Crippen LogP contribution >= 0.6 is 0 Å². The minimum atomic E-state index is -1.32. The number of nitrogens with one attached hydrogen (secondary N) is 1. The number of nitriles is 1. The number of rotatable bonds is 6. The molecule has 2 amide bonds. The van der Waals surface area contributed by atoms with Gasteiger partial charge in [-0.3, -0.25) is 14.5 Å². The highest BCUT2D eigenvalue weighted by Gasteiger charge is 2.53. The highest BCUT2D eigenvalue weighted by atomic mass is 16.6. The summed E-state index contributed by atoms with van der Waals surface area (Å²) in [7, 11) is 0. The molecule has 2 atom stereocenters. The molecule has 2 bridgehead atoms. The van der Waals surface area contributed by atoms with E-state index in [1.165, 1.54) is 4.90 Å². The first-order valence-corrected chi connectivity index (χ1v) is 10.2. The zero-order chi connectivity index (χ0) is 22.6. The van der Waals surface area contributed by atoms with Crippen molar-refractivity contribution in [2.75, 3.05) is 32.7 Å². The lowest BCUT2D eigenvalue weighted by molar-refractivity contribution is -0.226. The van der Waals surface area contributed by atoms with Gasteiger partial charge in [-0.1, -0.05) is 12.1 Å². The number of amides is 2. The minimum Gasteiger partial charge on any atom is -0.458 e. The van der Waals surface area contributed by atoms with E-state index in [2.05, 4.69) is 11.4 Å². The molecule has 9 nitrogen and oxygen atoms in total. The SMILES string of the molecule is CC(C)(C)OC(=O)C12CN(C=O)CC(CN(CC(=O)NCc3ccc(C#N)cc3)C1)O2. The molecule has 3 rings (SSSR count). The Morgan fingerprint density at radius 2 is 2.00 bits per heavy atom. The lowest BCUT2D eigenvalue weighted by Gasteiger charge is -2.50. The molecule has 9 heteroatoms. The Balaban J connectivity index is 1.64. The maximum absolute atomic E-state index is 13.0. The number of hydrogen-bond acceptors (Lipinski definition) is 7. The molecule has 166 valence electrons. The number of morpholine rings is 2. The minimum absolute atomic E-state index is 0.0886. The fourth-order valence-electron chi connectivity index (χ4n) is 3.85. The van der Waals surface area contributed by atoms with E-state index < -0.39 is 17.2 Å². The molecule has 0 radical (unpaired) electrons. The van der Waals surface area contributed by atoms with Gasteiger partial charge in [-0.25, -0.2) is 4.79 Å².